The minimum absolute atomic E-state index is 0.0752. The maximum atomic E-state index is 14.1. The lowest BCUT2D eigenvalue weighted by molar-refractivity contribution is 0.207. The molecule has 7 heteroatoms. The SMILES string of the molecule is Cc1ncc(-c2n[nH]c3ccc(OC4CCc5cc(C#N)c(F)cc54)cc23)o1. The fourth-order valence-electron chi connectivity index (χ4n) is 3.69. The van der Waals surface area contributed by atoms with Crippen molar-refractivity contribution in [2.75, 3.05) is 0 Å². The van der Waals surface area contributed by atoms with E-state index in [-0.39, 0.29) is 11.7 Å². The van der Waals surface area contributed by atoms with E-state index in [2.05, 4.69) is 15.2 Å². The Hall–Kier alpha value is -3.66. The molecule has 0 saturated carbocycles. The summed E-state index contributed by atoms with van der Waals surface area (Å²) in [5, 5.41) is 17.2. The summed E-state index contributed by atoms with van der Waals surface area (Å²) in [6.07, 6.45) is 2.88. The predicted molar refractivity (Wildman–Crippen MR) is 99.1 cm³/mol. The van der Waals surface area contributed by atoms with Gasteiger partial charge in [0.15, 0.2) is 11.7 Å². The summed E-state index contributed by atoms with van der Waals surface area (Å²) >= 11 is 0. The molecule has 0 amide bonds. The third kappa shape index (κ3) is 2.62. The highest BCUT2D eigenvalue weighted by Crippen LogP contribution is 2.37. The molecular formula is C21H15FN4O2. The van der Waals surface area contributed by atoms with Gasteiger partial charge in [0, 0.05) is 12.3 Å². The molecule has 1 aliphatic rings. The molecule has 1 N–H and O–H groups in total. The Morgan fingerprint density at radius 2 is 2.21 bits per heavy atom. The van der Waals surface area contributed by atoms with Crippen LogP contribution in [0.4, 0.5) is 4.39 Å². The molecule has 6 nitrogen and oxygen atoms in total. The number of hydrogen-bond acceptors (Lipinski definition) is 5. The van der Waals surface area contributed by atoms with Gasteiger partial charge < -0.3 is 9.15 Å². The van der Waals surface area contributed by atoms with E-state index >= 15 is 0 Å². The number of fused-ring (bicyclic) bond motifs is 2. The Bertz CT molecular complexity index is 1250. The number of benzene rings is 2. The van der Waals surface area contributed by atoms with Crippen LogP contribution in [0.2, 0.25) is 0 Å². The van der Waals surface area contributed by atoms with Crippen molar-refractivity contribution in [1.29, 1.82) is 5.26 Å². The van der Waals surface area contributed by atoms with Crippen LogP contribution in [0.3, 0.4) is 0 Å². The fraction of sp³-hybridized carbons (Fsp3) is 0.190. The summed E-state index contributed by atoms with van der Waals surface area (Å²) in [5.41, 5.74) is 3.36. The maximum Gasteiger partial charge on any atom is 0.191 e. The first-order chi connectivity index (χ1) is 13.6. The quantitative estimate of drug-likeness (QED) is 0.566. The molecule has 2 heterocycles. The average molecular weight is 374 g/mol. The van der Waals surface area contributed by atoms with Gasteiger partial charge in [-0.3, -0.25) is 5.10 Å². The number of aromatic nitrogens is 3. The van der Waals surface area contributed by atoms with E-state index < -0.39 is 5.82 Å². The lowest BCUT2D eigenvalue weighted by Gasteiger charge is -2.15. The van der Waals surface area contributed by atoms with Crippen LogP contribution >= 0.6 is 0 Å². The van der Waals surface area contributed by atoms with Gasteiger partial charge in [-0.05, 0) is 54.3 Å². The summed E-state index contributed by atoms with van der Waals surface area (Å²) in [6, 6.07) is 10.6. The highest BCUT2D eigenvalue weighted by Gasteiger charge is 2.26. The number of H-pyrrole nitrogens is 1. The van der Waals surface area contributed by atoms with Crippen LogP contribution < -0.4 is 4.74 Å². The Kier molecular flexibility index (Phi) is 3.66. The second-order valence-electron chi connectivity index (χ2n) is 6.81. The minimum Gasteiger partial charge on any atom is -0.486 e. The molecule has 0 aliphatic heterocycles. The lowest BCUT2D eigenvalue weighted by atomic mass is 10.1. The number of hydrogen-bond donors (Lipinski definition) is 1. The van der Waals surface area contributed by atoms with Crippen molar-refractivity contribution in [1.82, 2.24) is 15.2 Å². The molecular weight excluding hydrogens is 359 g/mol. The predicted octanol–water partition coefficient (Wildman–Crippen LogP) is 4.60. The van der Waals surface area contributed by atoms with Crippen LogP contribution in [0.5, 0.6) is 5.75 Å². The van der Waals surface area contributed by atoms with E-state index in [1.807, 2.05) is 24.3 Å². The number of halogens is 1. The van der Waals surface area contributed by atoms with Gasteiger partial charge in [0.2, 0.25) is 0 Å². The molecule has 138 valence electrons. The van der Waals surface area contributed by atoms with E-state index in [4.69, 9.17) is 14.4 Å². The summed E-state index contributed by atoms with van der Waals surface area (Å²) < 4.78 is 25.8. The molecule has 1 aliphatic carbocycles. The molecule has 0 radical (unpaired) electrons. The van der Waals surface area contributed by atoms with Gasteiger partial charge in [0.25, 0.3) is 0 Å². The van der Waals surface area contributed by atoms with E-state index in [1.54, 1.807) is 19.2 Å². The molecule has 2 aromatic carbocycles. The smallest absolute Gasteiger partial charge is 0.191 e. The number of nitriles is 1. The Balaban J connectivity index is 1.49. The third-order valence-electron chi connectivity index (χ3n) is 5.04. The van der Waals surface area contributed by atoms with Crippen LogP contribution in [0, 0.1) is 24.1 Å². The van der Waals surface area contributed by atoms with Crippen LogP contribution in [0.15, 0.2) is 40.9 Å². The van der Waals surface area contributed by atoms with Gasteiger partial charge in [-0.25, -0.2) is 9.37 Å². The summed E-state index contributed by atoms with van der Waals surface area (Å²) in [6.45, 7) is 1.78. The number of ether oxygens (including phenoxy) is 1. The Morgan fingerprint density at radius 1 is 1.32 bits per heavy atom. The van der Waals surface area contributed by atoms with Gasteiger partial charge in [0.1, 0.15) is 29.4 Å². The zero-order valence-corrected chi connectivity index (χ0v) is 15.0. The van der Waals surface area contributed by atoms with Gasteiger partial charge >= 0.3 is 0 Å². The summed E-state index contributed by atoms with van der Waals surface area (Å²) in [7, 11) is 0. The van der Waals surface area contributed by atoms with Crippen LogP contribution in [-0.2, 0) is 6.42 Å². The second-order valence-corrected chi connectivity index (χ2v) is 6.81. The molecule has 0 fully saturated rings. The minimum atomic E-state index is -0.509. The number of oxazole rings is 1. The summed E-state index contributed by atoms with van der Waals surface area (Å²) in [5.74, 6) is 1.30. The third-order valence-corrected chi connectivity index (χ3v) is 5.04. The van der Waals surface area contributed by atoms with Crippen molar-refractivity contribution in [2.24, 2.45) is 0 Å². The van der Waals surface area contributed by atoms with Crippen LogP contribution in [-0.4, -0.2) is 15.2 Å². The summed E-state index contributed by atoms with van der Waals surface area (Å²) in [4.78, 5) is 4.12. The molecule has 28 heavy (non-hydrogen) atoms. The molecule has 1 atom stereocenters. The maximum absolute atomic E-state index is 14.1. The number of aryl methyl sites for hydroxylation is 2. The van der Waals surface area contributed by atoms with Crippen molar-refractivity contribution >= 4 is 10.9 Å². The van der Waals surface area contributed by atoms with E-state index in [0.717, 1.165) is 34.9 Å². The molecule has 0 bridgehead atoms. The standard InChI is InChI=1S/C21H15FN4O2/c1-11-24-10-20(27-11)21-16-7-14(3-4-18(16)25-26-21)28-19-5-2-12-6-13(9-23)17(22)8-15(12)19/h3-4,6-8,10,19H,2,5H2,1H3,(H,25,26). The van der Waals surface area contributed by atoms with Crippen LogP contribution in [0.25, 0.3) is 22.4 Å². The highest BCUT2D eigenvalue weighted by atomic mass is 19.1. The van der Waals surface area contributed by atoms with E-state index in [1.165, 1.54) is 6.07 Å². The topological polar surface area (TPSA) is 87.7 Å². The molecule has 0 saturated heterocycles. The first kappa shape index (κ1) is 16.5. The Morgan fingerprint density at radius 3 is 3.00 bits per heavy atom. The highest BCUT2D eigenvalue weighted by molar-refractivity contribution is 5.92. The fourth-order valence-corrected chi connectivity index (χ4v) is 3.69. The van der Waals surface area contributed by atoms with Crippen molar-refractivity contribution in [3.8, 4) is 23.3 Å². The molecule has 5 rings (SSSR count). The monoisotopic (exact) mass is 374 g/mol. The number of nitrogens with zero attached hydrogens (tertiary/aromatic N) is 3. The molecule has 1 unspecified atom stereocenters. The normalized spacial score (nSPS) is 15.5. The van der Waals surface area contributed by atoms with Gasteiger partial charge in [-0.15, -0.1) is 0 Å². The lowest BCUT2D eigenvalue weighted by Crippen LogP contribution is -2.04. The van der Waals surface area contributed by atoms with Crippen LogP contribution in [0.1, 0.15) is 35.1 Å². The zero-order valence-electron chi connectivity index (χ0n) is 15.0. The van der Waals surface area contributed by atoms with Crippen molar-refractivity contribution in [3.05, 3.63) is 64.9 Å². The largest absolute Gasteiger partial charge is 0.486 e. The van der Waals surface area contributed by atoms with Crippen molar-refractivity contribution < 1.29 is 13.5 Å². The van der Waals surface area contributed by atoms with Crippen molar-refractivity contribution in [3.63, 3.8) is 0 Å². The van der Waals surface area contributed by atoms with Gasteiger partial charge in [-0.1, -0.05) is 0 Å². The van der Waals surface area contributed by atoms with E-state index in [9.17, 15) is 4.39 Å². The van der Waals surface area contributed by atoms with Gasteiger partial charge in [-0.2, -0.15) is 10.4 Å². The number of nitrogens with one attached hydrogen (secondary N) is 1. The first-order valence-electron chi connectivity index (χ1n) is 8.92. The Labute approximate surface area is 159 Å². The average Bonchev–Trinajstić information content (AvgIpc) is 3.40. The first-order valence-corrected chi connectivity index (χ1v) is 8.92. The van der Waals surface area contributed by atoms with Gasteiger partial charge in [0.05, 0.1) is 17.3 Å². The molecule has 2 aromatic heterocycles. The molecule has 0 spiro atoms. The second kappa shape index (κ2) is 6.20. The zero-order chi connectivity index (χ0) is 19.3. The van der Waals surface area contributed by atoms with E-state index in [0.29, 0.717) is 23.1 Å². The number of rotatable bonds is 3. The molecule has 4 aromatic rings. The number of aromatic amines is 1. The van der Waals surface area contributed by atoms with Crippen molar-refractivity contribution in [2.45, 2.75) is 25.9 Å².